The Labute approximate surface area is 79.3 Å². The molecule has 0 spiro atoms. The second-order valence-electron chi connectivity index (χ2n) is 3.57. The second-order valence-corrected chi connectivity index (χ2v) is 5.01. The lowest BCUT2D eigenvalue weighted by Gasteiger charge is -1.97. The zero-order chi connectivity index (χ0) is 8.48. The lowest BCUT2D eigenvalue weighted by Crippen LogP contribution is -1.89. The van der Waals surface area contributed by atoms with Gasteiger partial charge in [-0.25, -0.2) is 0 Å². The molecule has 0 nitrogen and oxygen atoms in total. The maximum absolute atomic E-state index is 6.00. The van der Waals surface area contributed by atoms with Crippen LogP contribution >= 0.6 is 23.2 Å². The number of halogens is 2. The van der Waals surface area contributed by atoms with Crippen LogP contribution in [0, 0.1) is 11.8 Å². The van der Waals surface area contributed by atoms with Gasteiger partial charge < -0.3 is 0 Å². The van der Waals surface area contributed by atoms with Crippen molar-refractivity contribution < 1.29 is 0 Å². The Bertz CT molecular complexity index is 132. The van der Waals surface area contributed by atoms with Crippen molar-refractivity contribution >= 4 is 23.2 Å². The molecule has 1 fully saturated rings. The molecule has 11 heavy (non-hydrogen) atoms. The maximum Gasteiger partial charge on any atom is 0.124 e. The molecule has 2 heteroatoms. The standard InChI is InChI=1S/C9H16Cl2/c1-3-4-5-6-8-7(2)9(8,10)11/h7-8H,3-6H2,1-2H3. The quantitative estimate of drug-likeness (QED) is 0.469. The van der Waals surface area contributed by atoms with E-state index < -0.39 is 0 Å². The highest BCUT2D eigenvalue weighted by atomic mass is 35.5. The highest BCUT2D eigenvalue weighted by molar-refractivity contribution is 6.51. The van der Waals surface area contributed by atoms with Crippen molar-refractivity contribution in [2.45, 2.75) is 43.9 Å². The van der Waals surface area contributed by atoms with Crippen LogP contribution < -0.4 is 0 Å². The van der Waals surface area contributed by atoms with Crippen LogP contribution in [-0.2, 0) is 0 Å². The first-order chi connectivity index (χ1) is 5.10. The topological polar surface area (TPSA) is 0 Å². The van der Waals surface area contributed by atoms with Crippen LogP contribution in [0.1, 0.15) is 39.5 Å². The maximum atomic E-state index is 6.00. The van der Waals surface area contributed by atoms with Gasteiger partial charge in [0, 0.05) is 0 Å². The summed E-state index contributed by atoms with van der Waals surface area (Å²) in [5, 5.41) is 0. The summed E-state index contributed by atoms with van der Waals surface area (Å²) in [6.45, 7) is 4.35. The third-order valence-electron chi connectivity index (χ3n) is 2.71. The molecule has 1 aliphatic rings. The van der Waals surface area contributed by atoms with Crippen molar-refractivity contribution in [2.75, 3.05) is 0 Å². The molecule has 0 heterocycles. The molecule has 1 aliphatic carbocycles. The summed E-state index contributed by atoms with van der Waals surface area (Å²) >= 11 is 12.0. The van der Waals surface area contributed by atoms with Gasteiger partial charge in [0.05, 0.1) is 0 Å². The summed E-state index contributed by atoms with van der Waals surface area (Å²) in [6.07, 6.45) is 5.08. The first-order valence-corrected chi connectivity index (χ1v) is 5.24. The van der Waals surface area contributed by atoms with Gasteiger partial charge in [0.15, 0.2) is 0 Å². The summed E-state index contributed by atoms with van der Waals surface area (Å²) in [5.41, 5.74) is 0. The molecule has 0 aromatic heterocycles. The second kappa shape index (κ2) is 3.53. The van der Waals surface area contributed by atoms with E-state index in [0.717, 1.165) is 0 Å². The van der Waals surface area contributed by atoms with E-state index in [1.807, 2.05) is 0 Å². The zero-order valence-corrected chi connectivity index (χ0v) is 8.75. The summed E-state index contributed by atoms with van der Waals surface area (Å²) in [6, 6.07) is 0. The Kier molecular flexibility index (Phi) is 3.10. The number of unbranched alkanes of at least 4 members (excludes halogenated alkanes) is 2. The Morgan fingerprint density at radius 3 is 2.18 bits per heavy atom. The van der Waals surface area contributed by atoms with Crippen molar-refractivity contribution in [2.24, 2.45) is 11.8 Å². The van der Waals surface area contributed by atoms with Gasteiger partial charge in [0.2, 0.25) is 0 Å². The minimum atomic E-state index is -0.381. The number of rotatable bonds is 4. The van der Waals surface area contributed by atoms with Crippen LogP contribution in [0.5, 0.6) is 0 Å². The predicted octanol–water partition coefficient (Wildman–Crippen LogP) is 4.01. The van der Waals surface area contributed by atoms with Crippen LogP contribution in [0.2, 0.25) is 0 Å². The predicted molar refractivity (Wildman–Crippen MR) is 51.2 cm³/mol. The zero-order valence-electron chi connectivity index (χ0n) is 7.24. The molecule has 66 valence electrons. The van der Waals surface area contributed by atoms with Crippen molar-refractivity contribution in [3.05, 3.63) is 0 Å². The number of hydrogen-bond donors (Lipinski definition) is 0. The Hall–Kier alpha value is 0.580. The fourth-order valence-electron chi connectivity index (χ4n) is 1.62. The van der Waals surface area contributed by atoms with Gasteiger partial charge in [-0.3, -0.25) is 0 Å². The smallest absolute Gasteiger partial charge is 0.101 e. The molecular weight excluding hydrogens is 179 g/mol. The molecule has 0 aromatic carbocycles. The molecule has 2 atom stereocenters. The molecule has 2 unspecified atom stereocenters. The Balaban J connectivity index is 2.11. The van der Waals surface area contributed by atoms with Crippen molar-refractivity contribution in [1.82, 2.24) is 0 Å². The van der Waals surface area contributed by atoms with E-state index in [4.69, 9.17) is 23.2 Å². The van der Waals surface area contributed by atoms with E-state index in [-0.39, 0.29) is 4.33 Å². The lowest BCUT2D eigenvalue weighted by molar-refractivity contribution is 0.593. The third-order valence-corrected chi connectivity index (χ3v) is 3.96. The minimum absolute atomic E-state index is 0.381. The lowest BCUT2D eigenvalue weighted by atomic mass is 10.1. The molecule has 0 saturated heterocycles. The largest absolute Gasteiger partial charge is 0.124 e. The molecule has 1 rings (SSSR count). The highest BCUT2D eigenvalue weighted by Crippen LogP contribution is 2.60. The van der Waals surface area contributed by atoms with Crippen LogP contribution in [0.15, 0.2) is 0 Å². The summed E-state index contributed by atoms with van der Waals surface area (Å²) in [5.74, 6) is 1.08. The molecule has 0 aromatic rings. The van der Waals surface area contributed by atoms with E-state index in [9.17, 15) is 0 Å². The molecule has 0 bridgehead atoms. The summed E-state index contributed by atoms with van der Waals surface area (Å²) < 4.78 is -0.381. The van der Waals surface area contributed by atoms with Crippen molar-refractivity contribution in [3.63, 3.8) is 0 Å². The van der Waals surface area contributed by atoms with Gasteiger partial charge in [0.25, 0.3) is 0 Å². The van der Waals surface area contributed by atoms with E-state index in [0.29, 0.717) is 11.8 Å². The summed E-state index contributed by atoms with van der Waals surface area (Å²) in [7, 11) is 0. The average molecular weight is 195 g/mol. The van der Waals surface area contributed by atoms with Gasteiger partial charge in [-0.05, 0) is 18.3 Å². The molecule has 0 radical (unpaired) electrons. The molecular formula is C9H16Cl2. The first kappa shape index (κ1) is 9.67. The van der Waals surface area contributed by atoms with Gasteiger partial charge in [-0.2, -0.15) is 0 Å². The normalized spacial score (nSPS) is 33.8. The minimum Gasteiger partial charge on any atom is -0.101 e. The first-order valence-electron chi connectivity index (χ1n) is 4.48. The average Bonchev–Trinajstić information content (AvgIpc) is 2.39. The van der Waals surface area contributed by atoms with Crippen LogP contribution in [0.25, 0.3) is 0 Å². The summed E-state index contributed by atoms with van der Waals surface area (Å²) in [4.78, 5) is 0. The van der Waals surface area contributed by atoms with Gasteiger partial charge in [-0.1, -0.05) is 33.1 Å². The highest BCUT2D eigenvalue weighted by Gasteiger charge is 2.59. The monoisotopic (exact) mass is 194 g/mol. The Morgan fingerprint density at radius 1 is 1.27 bits per heavy atom. The van der Waals surface area contributed by atoms with E-state index in [1.165, 1.54) is 25.7 Å². The van der Waals surface area contributed by atoms with Gasteiger partial charge in [0.1, 0.15) is 4.33 Å². The van der Waals surface area contributed by atoms with Crippen LogP contribution in [0.4, 0.5) is 0 Å². The van der Waals surface area contributed by atoms with E-state index >= 15 is 0 Å². The molecule has 0 N–H and O–H groups in total. The van der Waals surface area contributed by atoms with E-state index in [2.05, 4.69) is 13.8 Å². The van der Waals surface area contributed by atoms with Crippen LogP contribution in [0.3, 0.4) is 0 Å². The Morgan fingerprint density at radius 2 is 1.82 bits per heavy atom. The SMILES string of the molecule is CCCCCC1C(C)C1(Cl)Cl. The van der Waals surface area contributed by atoms with E-state index in [1.54, 1.807) is 0 Å². The van der Waals surface area contributed by atoms with Crippen LogP contribution in [-0.4, -0.2) is 4.33 Å². The molecule has 0 aliphatic heterocycles. The van der Waals surface area contributed by atoms with Crippen molar-refractivity contribution in [3.8, 4) is 0 Å². The fraction of sp³-hybridized carbons (Fsp3) is 1.00. The van der Waals surface area contributed by atoms with Gasteiger partial charge >= 0.3 is 0 Å². The fourth-order valence-corrected chi connectivity index (χ4v) is 2.39. The molecule has 1 saturated carbocycles. The van der Waals surface area contributed by atoms with Gasteiger partial charge in [-0.15, -0.1) is 23.2 Å². The molecule has 0 amide bonds. The third kappa shape index (κ3) is 2.03. The van der Waals surface area contributed by atoms with Crippen molar-refractivity contribution in [1.29, 1.82) is 0 Å². The number of alkyl halides is 2. The number of hydrogen-bond acceptors (Lipinski definition) is 0.